The van der Waals surface area contributed by atoms with Crippen LogP contribution in [0.1, 0.15) is 49.5 Å². The number of nitrogens with one attached hydrogen (secondary N) is 1. The van der Waals surface area contributed by atoms with E-state index in [1.54, 1.807) is 26.0 Å². The fourth-order valence-electron chi connectivity index (χ4n) is 2.47. The Morgan fingerprint density at radius 1 is 1.00 bits per heavy atom. The Morgan fingerprint density at radius 2 is 1.63 bits per heavy atom. The molecule has 7 heteroatoms. The summed E-state index contributed by atoms with van der Waals surface area (Å²) in [5.41, 5.74) is 1.25. The Morgan fingerprint density at radius 3 is 2.15 bits per heavy atom. The van der Waals surface area contributed by atoms with Crippen LogP contribution in [0.5, 0.6) is 11.5 Å². The minimum atomic E-state index is -3.83. The van der Waals surface area contributed by atoms with E-state index in [4.69, 9.17) is 9.47 Å². The molecule has 0 radical (unpaired) electrons. The molecule has 0 aliphatic rings. The number of ether oxygens (including phenoxy) is 2. The molecule has 0 aliphatic carbocycles. The molecule has 0 amide bonds. The van der Waals surface area contributed by atoms with Gasteiger partial charge in [-0.15, -0.1) is 0 Å². The van der Waals surface area contributed by atoms with Crippen LogP contribution in [0.4, 0.5) is 0 Å². The smallest absolute Gasteiger partial charge is 0.343 e. The van der Waals surface area contributed by atoms with Crippen molar-refractivity contribution < 1.29 is 22.7 Å². The van der Waals surface area contributed by atoms with Crippen LogP contribution >= 0.6 is 0 Å². The van der Waals surface area contributed by atoms with E-state index in [-0.39, 0.29) is 22.3 Å². The molecule has 0 aliphatic heterocycles. The van der Waals surface area contributed by atoms with Gasteiger partial charge in [0.1, 0.15) is 16.4 Å². The Hall–Kier alpha value is -2.38. The molecule has 27 heavy (non-hydrogen) atoms. The van der Waals surface area contributed by atoms with Gasteiger partial charge in [0.2, 0.25) is 10.0 Å². The van der Waals surface area contributed by atoms with Crippen molar-refractivity contribution in [2.45, 2.75) is 44.6 Å². The van der Waals surface area contributed by atoms with Crippen molar-refractivity contribution in [2.75, 3.05) is 7.11 Å². The van der Waals surface area contributed by atoms with Crippen molar-refractivity contribution >= 4 is 16.0 Å². The first-order valence-electron chi connectivity index (χ1n) is 8.66. The average molecular weight is 391 g/mol. The van der Waals surface area contributed by atoms with Crippen LogP contribution in [0, 0.1) is 0 Å². The van der Waals surface area contributed by atoms with Gasteiger partial charge in [0.15, 0.2) is 0 Å². The zero-order chi connectivity index (χ0) is 20.2. The second kappa shape index (κ2) is 8.54. The summed E-state index contributed by atoms with van der Waals surface area (Å²) < 4.78 is 38.0. The summed E-state index contributed by atoms with van der Waals surface area (Å²) in [5, 5.41) is 0. The number of sulfonamides is 1. The second-order valence-electron chi connectivity index (χ2n) is 6.75. The second-order valence-corrected chi connectivity index (χ2v) is 8.44. The third kappa shape index (κ3) is 5.30. The maximum atomic E-state index is 12.5. The average Bonchev–Trinajstić information content (AvgIpc) is 2.60. The molecule has 0 saturated heterocycles. The first-order valence-corrected chi connectivity index (χ1v) is 10.1. The molecule has 2 aromatic rings. The van der Waals surface area contributed by atoms with Gasteiger partial charge in [0.25, 0.3) is 0 Å². The van der Waals surface area contributed by atoms with E-state index in [1.165, 1.54) is 25.3 Å². The molecule has 0 aromatic heterocycles. The third-order valence-electron chi connectivity index (χ3n) is 3.84. The number of benzene rings is 2. The highest BCUT2D eigenvalue weighted by atomic mass is 32.2. The van der Waals surface area contributed by atoms with Crippen LogP contribution in [0.3, 0.4) is 0 Å². The van der Waals surface area contributed by atoms with Gasteiger partial charge in [-0.1, -0.05) is 26.0 Å². The van der Waals surface area contributed by atoms with Gasteiger partial charge in [-0.25, -0.2) is 17.9 Å². The first-order chi connectivity index (χ1) is 12.6. The SMILES string of the molecule is COc1ccc(C(=O)Oc2ccc(C(C)C)cc2)cc1S(=O)(=O)NC(C)C. The maximum Gasteiger partial charge on any atom is 0.343 e. The maximum absolute atomic E-state index is 12.5. The minimum Gasteiger partial charge on any atom is -0.495 e. The molecule has 0 unspecified atom stereocenters. The van der Waals surface area contributed by atoms with Crippen molar-refractivity contribution in [2.24, 2.45) is 0 Å². The van der Waals surface area contributed by atoms with Crippen molar-refractivity contribution in [3.63, 3.8) is 0 Å². The predicted molar refractivity (Wildman–Crippen MR) is 104 cm³/mol. The molecule has 1 N–H and O–H groups in total. The van der Waals surface area contributed by atoms with E-state index < -0.39 is 16.0 Å². The zero-order valence-electron chi connectivity index (χ0n) is 16.1. The lowest BCUT2D eigenvalue weighted by Crippen LogP contribution is -2.30. The third-order valence-corrected chi connectivity index (χ3v) is 5.52. The highest BCUT2D eigenvalue weighted by Gasteiger charge is 2.23. The fraction of sp³-hybridized carbons (Fsp3) is 0.350. The van der Waals surface area contributed by atoms with Gasteiger partial charge in [0.05, 0.1) is 12.7 Å². The molecule has 0 bridgehead atoms. The van der Waals surface area contributed by atoms with E-state index in [9.17, 15) is 13.2 Å². The summed E-state index contributed by atoms with van der Waals surface area (Å²) >= 11 is 0. The highest BCUT2D eigenvalue weighted by molar-refractivity contribution is 7.89. The number of methoxy groups -OCH3 is 1. The molecule has 0 saturated carbocycles. The number of rotatable bonds is 7. The first kappa shape index (κ1) is 20.9. The lowest BCUT2D eigenvalue weighted by Gasteiger charge is -2.14. The van der Waals surface area contributed by atoms with Crippen LogP contribution in [0.25, 0.3) is 0 Å². The van der Waals surface area contributed by atoms with Gasteiger partial charge in [0, 0.05) is 6.04 Å². The standard InChI is InChI=1S/C20H25NO5S/c1-13(2)15-6-9-17(10-7-15)26-20(22)16-8-11-18(25-5)19(12-16)27(23,24)21-14(3)4/h6-14,21H,1-5H3. The van der Waals surface area contributed by atoms with E-state index >= 15 is 0 Å². The van der Waals surface area contributed by atoms with Gasteiger partial charge in [-0.2, -0.15) is 0 Å². The van der Waals surface area contributed by atoms with Gasteiger partial charge in [-0.3, -0.25) is 0 Å². The Kier molecular flexibility index (Phi) is 6.62. The largest absolute Gasteiger partial charge is 0.495 e. The Bertz CT molecular complexity index is 902. The molecular formula is C20H25NO5S. The summed E-state index contributed by atoms with van der Waals surface area (Å²) in [6.45, 7) is 7.57. The normalized spacial score (nSPS) is 11.7. The number of carbonyl (C=O) groups is 1. The van der Waals surface area contributed by atoms with E-state index in [2.05, 4.69) is 18.6 Å². The van der Waals surface area contributed by atoms with Crippen molar-refractivity contribution in [3.05, 3.63) is 53.6 Å². The summed E-state index contributed by atoms with van der Waals surface area (Å²) in [6.07, 6.45) is 0. The minimum absolute atomic E-state index is 0.108. The fourth-order valence-corrected chi connectivity index (χ4v) is 3.92. The van der Waals surface area contributed by atoms with E-state index in [0.717, 1.165) is 5.56 Å². The van der Waals surface area contributed by atoms with Crippen LogP contribution in [-0.2, 0) is 10.0 Å². The lowest BCUT2D eigenvalue weighted by molar-refractivity contribution is 0.0734. The van der Waals surface area contributed by atoms with Gasteiger partial charge < -0.3 is 9.47 Å². The monoisotopic (exact) mass is 391 g/mol. The molecule has 6 nitrogen and oxygen atoms in total. The molecule has 0 fully saturated rings. The van der Waals surface area contributed by atoms with Crippen molar-refractivity contribution in [1.29, 1.82) is 0 Å². The number of carbonyl (C=O) groups excluding carboxylic acids is 1. The van der Waals surface area contributed by atoms with Gasteiger partial charge in [-0.05, 0) is 55.7 Å². The molecule has 0 atom stereocenters. The van der Waals surface area contributed by atoms with Crippen LogP contribution in [-0.4, -0.2) is 27.5 Å². The molecule has 146 valence electrons. The van der Waals surface area contributed by atoms with Crippen molar-refractivity contribution in [3.8, 4) is 11.5 Å². The summed E-state index contributed by atoms with van der Waals surface area (Å²) in [4.78, 5) is 12.3. The summed E-state index contributed by atoms with van der Waals surface area (Å²) in [7, 11) is -2.46. The van der Waals surface area contributed by atoms with Crippen LogP contribution in [0.15, 0.2) is 47.4 Å². The number of hydrogen-bond donors (Lipinski definition) is 1. The summed E-state index contributed by atoms with van der Waals surface area (Å²) in [6, 6.07) is 11.1. The molecule has 2 aromatic carbocycles. The highest BCUT2D eigenvalue weighted by Crippen LogP contribution is 2.26. The number of esters is 1. The molecule has 0 spiro atoms. The summed E-state index contributed by atoms with van der Waals surface area (Å²) in [5.74, 6) is 0.277. The zero-order valence-corrected chi connectivity index (χ0v) is 17.0. The van der Waals surface area contributed by atoms with E-state index in [1.807, 2.05) is 12.1 Å². The van der Waals surface area contributed by atoms with E-state index in [0.29, 0.717) is 11.7 Å². The molecular weight excluding hydrogens is 366 g/mol. The quantitative estimate of drug-likeness (QED) is 0.575. The van der Waals surface area contributed by atoms with Crippen LogP contribution in [0.2, 0.25) is 0 Å². The molecule has 0 heterocycles. The van der Waals surface area contributed by atoms with Crippen molar-refractivity contribution in [1.82, 2.24) is 4.72 Å². The predicted octanol–water partition coefficient (Wildman–Crippen LogP) is 3.72. The topological polar surface area (TPSA) is 81.7 Å². The lowest BCUT2D eigenvalue weighted by atomic mass is 10.0. The van der Waals surface area contributed by atoms with Crippen LogP contribution < -0.4 is 14.2 Å². The Balaban J connectivity index is 2.30. The number of hydrogen-bond acceptors (Lipinski definition) is 5. The molecule has 2 rings (SSSR count). The Labute approximate surface area is 160 Å². The van der Waals surface area contributed by atoms with Gasteiger partial charge >= 0.3 is 5.97 Å².